The Balaban J connectivity index is 1.59. The van der Waals surface area contributed by atoms with E-state index in [0.717, 1.165) is 52.1 Å². The van der Waals surface area contributed by atoms with E-state index in [1.54, 1.807) is 0 Å². The number of piperidine rings is 1. The molecule has 2 fully saturated rings. The maximum atomic E-state index is 12.3. The highest BCUT2D eigenvalue weighted by molar-refractivity contribution is 5.87. The number of carbonyl (C=O) groups is 1. The third kappa shape index (κ3) is 2.80. The number of piperazine rings is 1. The molecule has 2 aliphatic rings. The molecule has 0 aliphatic carbocycles. The van der Waals surface area contributed by atoms with Crippen molar-refractivity contribution in [2.45, 2.75) is 31.5 Å². The van der Waals surface area contributed by atoms with Crippen LogP contribution < -0.4 is 5.32 Å². The Labute approximate surface area is 131 Å². The van der Waals surface area contributed by atoms with Crippen molar-refractivity contribution in [2.75, 3.05) is 33.2 Å². The minimum atomic E-state index is -0.290. The zero-order valence-corrected chi connectivity index (χ0v) is 13.3. The molecule has 22 heavy (non-hydrogen) atoms. The van der Waals surface area contributed by atoms with Gasteiger partial charge in [-0.15, -0.1) is 6.58 Å². The van der Waals surface area contributed by atoms with Crippen molar-refractivity contribution in [1.82, 2.24) is 24.9 Å². The van der Waals surface area contributed by atoms with E-state index in [1.165, 1.54) is 5.56 Å². The highest BCUT2D eigenvalue weighted by Gasteiger charge is 2.46. The van der Waals surface area contributed by atoms with Crippen LogP contribution in [-0.2, 0) is 17.9 Å². The van der Waals surface area contributed by atoms with E-state index in [1.807, 2.05) is 17.0 Å². The van der Waals surface area contributed by atoms with Gasteiger partial charge in [-0.05, 0) is 19.9 Å². The van der Waals surface area contributed by atoms with E-state index in [2.05, 4.69) is 40.0 Å². The SMILES string of the molecule is C=CCn1cc(CN2CCC3(CC2)C(=O)NCCN3C)cn1. The van der Waals surface area contributed by atoms with Gasteiger partial charge in [0.1, 0.15) is 5.54 Å². The van der Waals surface area contributed by atoms with Crippen molar-refractivity contribution in [3.05, 3.63) is 30.6 Å². The average Bonchev–Trinajstić information content (AvgIpc) is 2.94. The number of hydrogen-bond acceptors (Lipinski definition) is 4. The molecule has 6 heteroatoms. The highest BCUT2D eigenvalue weighted by Crippen LogP contribution is 2.30. The second-order valence-electron chi connectivity index (χ2n) is 6.34. The topological polar surface area (TPSA) is 53.4 Å². The van der Waals surface area contributed by atoms with Gasteiger partial charge in [-0.2, -0.15) is 5.10 Å². The summed E-state index contributed by atoms with van der Waals surface area (Å²) in [6, 6.07) is 0. The first kappa shape index (κ1) is 15.2. The molecule has 1 aromatic heterocycles. The van der Waals surface area contributed by atoms with E-state index in [9.17, 15) is 4.79 Å². The number of nitrogens with one attached hydrogen (secondary N) is 1. The van der Waals surface area contributed by atoms with Crippen molar-refractivity contribution in [3.63, 3.8) is 0 Å². The molecule has 3 heterocycles. The molecule has 2 aliphatic heterocycles. The van der Waals surface area contributed by atoms with E-state index < -0.39 is 0 Å². The molecule has 0 saturated carbocycles. The van der Waals surface area contributed by atoms with Crippen LogP contribution in [0.15, 0.2) is 25.0 Å². The molecule has 1 N–H and O–H groups in total. The van der Waals surface area contributed by atoms with Crippen molar-refractivity contribution < 1.29 is 4.79 Å². The summed E-state index contributed by atoms with van der Waals surface area (Å²) in [6.07, 6.45) is 7.64. The van der Waals surface area contributed by atoms with Crippen LogP contribution in [-0.4, -0.2) is 64.3 Å². The highest BCUT2D eigenvalue weighted by atomic mass is 16.2. The lowest BCUT2D eigenvalue weighted by Crippen LogP contribution is -2.66. The fourth-order valence-corrected chi connectivity index (χ4v) is 3.56. The molecule has 0 radical (unpaired) electrons. The molecule has 0 aromatic carbocycles. The molecule has 0 bridgehead atoms. The van der Waals surface area contributed by atoms with Crippen LogP contribution in [0.4, 0.5) is 0 Å². The fourth-order valence-electron chi connectivity index (χ4n) is 3.56. The average molecular weight is 303 g/mol. The predicted molar refractivity (Wildman–Crippen MR) is 85.3 cm³/mol. The van der Waals surface area contributed by atoms with Gasteiger partial charge in [-0.1, -0.05) is 6.08 Å². The van der Waals surface area contributed by atoms with Crippen LogP contribution in [0.5, 0.6) is 0 Å². The Kier molecular flexibility index (Phi) is 4.31. The lowest BCUT2D eigenvalue weighted by molar-refractivity contribution is -0.140. The van der Waals surface area contributed by atoms with Crippen LogP contribution in [0.1, 0.15) is 18.4 Å². The molecule has 0 atom stereocenters. The molecule has 120 valence electrons. The molecule has 6 nitrogen and oxygen atoms in total. The van der Waals surface area contributed by atoms with Crippen LogP contribution in [0.2, 0.25) is 0 Å². The van der Waals surface area contributed by atoms with Gasteiger partial charge in [-0.25, -0.2) is 0 Å². The Morgan fingerprint density at radius 2 is 2.18 bits per heavy atom. The van der Waals surface area contributed by atoms with E-state index in [-0.39, 0.29) is 11.4 Å². The quantitative estimate of drug-likeness (QED) is 0.822. The van der Waals surface area contributed by atoms with Gasteiger partial charge in [0.15, 0.2) is 0 Å². The molecular weight excluding hydrogens is 278 g/mol. The van der Waals surface area contributed by atoms with Gasteiger partial charge in [0.25, 0.3) is 0 Å². The summed E-state index contributed by atoms with van der Waals surface area (Å²) in [6.45, 7) is 8.98. The summed E-state index contributed by atoms with van der Waals surface area (Å²) in [5, 5.41) is 7.36. The summed E-state index contributed by atoms with van der Waals surface area (Å²) in [4.78, 5) is 17.0. The first-order chi connectivity index (χ1) is 10.6. The number of aromatic nitrogens is 2. The smallest absolute Gasteiger partial charge is 0.240 e. The summed E-state index contributed by atoms with van der Waals surface area (Å²) in [5.41, 5.74) is 0.932. The zero-order chi connectivity index (χ0) is 15.6. The molecule has 0 unspecified atom stereocenters. The minimum Gasteiger partial charge on any atom is -0.353 e. The number of likely N-dealkylation sites (N-methyl/N-ethyl adjacent to an activating group) is 1. The first-order valence-electron chi connectivity index (χ1n) is 7.98. The lowest BCUT2D eigenvalue weighted by atomic mass is 9.83. The summed E-state index contributed by atoms with van der Waals surface area (Å²) < 4.78 is 1.90. The molecule has 3 rings (SSSR count). The van der Waals surface area contributed by atoms with E-state index in [0.29, 0.717) is 0 Å². The van der Waals surface area contributed by atoms with Crippen molar-refractivity contribution in [2.24, 2.45) is 0 Å². The molecule has 1 aromatic rings. The van der Waals surface area contributed by atoms with Gasteiger partial charge >= 0.3 is 0 Å². The second kappa shape index (κ2) is 6.22. The fraction of sp³-hybridized carbons (Fsp3) is 0.625. The first-order valence-corrected chi connectivity index (χ1v) is 7.98. The molecule has 1 spiro atoms. The van der Waals surface area contributed by atoms with Crippen LogP contribution >= 0.6 is 0 Å². The number of hydrogen-bond donors (Lipinski definition) is 1. The van der Waals surface area contributed by atoms with E-state index in [4.69, 9.17) is 0 Å². The van der Waals surface area contributed by atoms with Crippen LogP contribution in [0.3, 0.4) is 0 Å². The maximum absolute atomic E-state index is 12.3. The third-order valence-electron chi connectivity index (χ3n) is 4.98. The summed E-state index contributed by atoms with van der Waals surface area (Å²) in [5.74, 6) is 0.208. The number of nitrogens with zero attached hydrogens (tertiary/aromatic N) is 4. The number of carbonyl (C=O) groups excluding carboxylic acids is 1. The minimum absolute atomic E-state index is 0.208. The predicted octanol–water partition coefficient (Wildman–Crippen LogP) is 0.465. The number of amides is 1. The van der Waals surface area contributed by atoms with Crippen molar-refractivity contribution >= 4 is 5.91 Å². The Morgan fingerprint density at radius 1 is 1.41 bits per heavy atom. The Morgan fingerprint density at radius 3 is 2.86 bits per heavy atom. The standard InChI is InChI=1S/C16H25N5O/c1-3-7-21-13-14(11-18-21)12-20-8-4-16(5-9-20)15(22)17-6-10-19(16)2/h3,11,13H,1,4-10,12H2,2H3,(H,17,22). The van der Waals surface area contributed by atoms with Crippen LogP contribution in [0, 0.1) is 0 Å². The normalized spacial score (nSPS) is 22.7. The summed E-state index contributed by atoms with van der Waals surface area (Å²) >= 11 is 0. The van der Waals surface area contributed by atoms with Gasteiger partial charge < -0.3 is 5.32 Å². The largest absolute Gasteiger partial charge is 0.353 e. The number of rotatable bonds is 4. The Hall–Kier alpha value is -1.66. The van der Waals surface area contributed by atoms with Gasteiger partial charge in [0, 0.05) is 44.5 Å². The summed E-state index contributed by atoms with van der Waals surface area (Å²) in [7, 11) is 2.08. The van der Waals surface area contributed by atoms with Crippen molar-refractivity contribution in [3.8, 4) is 0 Å². The van der Waals surface area contributed by atoms with Crippen molar-refractivity contribution in [1.29, 1.82) is 0 Å². The van der Waals surface area contributed by atoms with Gasteiger partial charge in [0.2, 0.25) is 5.91 Å². The monoisotopic (exact) mass is 303 g/mol. The van der Waals surface area contributed by atoms with Crippen LogP contribution in [0.25, 0.3) is 0 Å². The Bertz CT molecular complexity index is 544. The van der Waals surface area contributed by atoms with E-state index >= 15 is 0 Å². The lowest BCUT2D eigenvalue weighted by Gasteiger charge is -2.48. The van der Waals surface area contributed by atoms with Gasteiger partial charge in [-0.3, -0.25) is 19.3 Å². The molecule has 2 saturated heterocycles. The van der Waals surface area contributed by atoms with Gasteiger partial charge in [0.05, 0.1) is 12.7 Å². The third-order valence-corrected chi connectivity index (χ3v) is 4.98. The second-order valence-corrected chi connectivity index (χ2v) is 6.34. The number of allylic oxidation sites excluding steroid dienone is 1. The molecule has 1 amide bonds. The number of likely N-dealkylation sites (tertiary alicyclic amines) is 1. The maximum Gasteiger partial charge on any atom is 0.240 e. The molecular formula is C16H25N5O. The zero-order valence-electron chi connectivity index (χ0n) is 13.3.